The molecule has 0 amide bonds. The van der Waals surface area contributed by atoms with Gasteiger partial charge in [0.25, 0.3) is 0 Å². The summed E-state index contributed by atoms with van der Waals surface area (Å²) in [7, 11) is 0. The fourth-order valence-electron chi connectivity index (χ4n) is 0. The Balaban J connectivity index is -0.00000000500. The van der Waals surface area contributed by atoms with Gasteiger partial charge in [0, 0.05) is 39.0 Å². The Morgan fingerprint density at radius 3 is 1.00 bits per heavy atom. The minimum Gasteiger partial charge on any atom is 0 e. The zero-order valence-corrected chi connectivity index (χ0v) is 12.5. The van der Waals surface area contributed by atoms with Crippen molar-refractivity contribution in [3.63, 3.8) is 0 Å². The maximum absolute atomic E-state index is 8.42. The van der Waals surface area contributed by atoms with Crippen molar-refractivity contribution in [1.29, 1.82) is 0 Å². The Morgan fingerprint density at radius 2 is 1.00 bits per heavy atom. The predicted octanol–water partition coefficient (Wildman–Crippen LogP) is -0.772. The molecule has 0 unspecified atom stereocenters. The van der Waals surface area contributed by atoms with Crippen LogP contribution in [-0.4, -0.2) is 24.4 Å². The monoisotopic (exact) mass is 260 g/mol. The first-order valence-electron chi connectivity index (χ1n) is 0.289. The minimum atomic E-state index is -0.1000. The molecule has 14 valence electrons. The van der Waals surface area contributed by atoms with Crippen LogP contribution in [0.15, 0.2) is 0 Å². The van der Waals surface area contributed by atoms with Gasteiger partial charge >= 0.3 is 27.2 Å². The Labute approximate surface area is 65.4 Å². The topological polar surface area (TPSA) is 17.1 Å². The van der Waals surface area contributed by atoms with E-state index in [1.54, 1.807) is 0 Å². The van der Waals surface area contributed by atoms with Gasteiger partial charge in [0.2, 0.25) is 0 Å². The molecular weight excluding hydrogens is 262 g/mol. The van der Waals surface area contributed by atoms with Crippen LogP contribution >= 0.6 is 0 Å². The average Bonchev–Trinajstić information content (AvgIpc) is 1.00. The minimum absolute atomic E-state index is 0. The summed E-state index contributed by atoms with van der Waals surface area (Å²) in [6.45, 7) is 0. The third-order valence-corrected chi connectivity index (χ3v) is 0. The summed E-state index contributed by atoms with van der Waals surface area (Å²) >= 11 is -0.1000. The molecule has 0 aromatic heterocycles. The van der Waals surface area contributed by atoms with Crippen LogP contribution in [0.4, 0.5) is 0 Å². The van der Waals surface area contributed by atoms with E-state index >= 15 is 0 Å². The zero-order valence-electron chi connectivity index (χ0n) is 2.53. The van der Waals surface area contributed by atoms with E-state index in [-0.39, 0.29) is 63.3 Å². The second-order valence-corrected chi connectivity index (χ2v) is 0. The summed E-state index contributed by atoms with van der Waals surface area (Å²) in [5, 5.41) is 0. The molecule has 0 bridgehead atoms. The normalized spacial score (nSPS) is 0.750. The standard InChI is InChI=1S/In.O.2Zn.H. The van der Waals surface area contributed by atoms with E-state index in [4.69, 9.17) is 2.85 Å². The largest absolute Gasteiger partial charge is 0 e. The molecule has 0 radical (unpaired) electrons. The molecule has 0 saturated heterocycles. The number of rotatable bonds is 0. The molecule has 0 fully saturated rings. The smallest absolute Gasteiger partial charge is 0 e. The molecule has 4 heteroatoms. The van der Waals surface area contributed by atoms with Crippen LogP contribution in [0.3, 0.4) is 0 Å². The summed E-state index contributed by atoms with van der Waals surface area (Å²) in [6.07, 6.45) is 0. The summed E-state index contributed by atoms with van der Waals surface area (Å²) < 4.78 is 8.42. The third kappa shape index (κ3) is 9.07. The van der Waals surface area contributed by atoms with Gasteiger partial charge in [0.1, 0.15) is 0 Å². The van der Waals surface area contributed by atoms with Gasteiger partial charge in [-0.2, -0.15) is 0 Å². The van der Waals surface area contributed by atoms with Crippen LogP contribution in [0.5, 0.6) is 0 Å². The van der Waals surface area contributed by atoms with Gasteiger partial charge < -0.3 is 0 Å². The third-order valence-electron chi connectivity index (χ3n) is 0. The van der Waals surface area contributed by atoms with E-state index < -0.39 is 0 Å². The van der Waals surface area contributed by atoms with Gasteiger partial charge in [-0.1, -0.05) is 0 Å². The van der Waals surface area contributed by atoms with E-state index in [9.17, 15) is 0 Å². The Hall–Kier alpha value is 1.92. The van der Waals surface area contributed by atoms with Crippen LogP contribution in [0.1, 0.15) is 0 Å². The molecule has 0 aliphatic rings. The first kappa shape index (κ1) is 16.8. The van der Waals surface area contributed by atoms with Gasteiger partial charge in [-0.05, 0) is 0 Å². The van der Waals surface area contributed by atoms with E-state index in [1.165, 1.54) is 0 Å². The van der Waals surface area contributed by atoms with Gasteiger partial charge in [-0.15, -0.1) is 0 Å². The Morgan fingerprint density at radius 1 is 1.00 bits per heavy atom. The van der Waals surface area contributed by atoms with Crippen molar-refractivity contribution in [2.75, 3.05) is 0 Å². The summed E-state index contributed by atoms with van der Waals surface area (Å²) in [5.41, 5.74) is 0. The van der Waals surface area contributed by atoms with E-state index in [2.05, 4.69) is 0 Å². The Kier molecular flexibility index (Phi) is 86.3. The molecule has 0 heterocycles. The van der Waals surface area contributed by atoms with Gasteiger partial charge in [0.15, 0.2) is 0 Å². The van der Waals surface area contributed by atoms with Crippen LogP contribution in [0.2, 0.25) is 0 Å². The fraction of sp³-hybridized carbons (Fsp3) is 0. The maximum Gasteiger partial charge on any atom is 0 e. The SMILES string of the molecule is [O]=[InH].[Zn].[Zn]. The molecular formula is HInOZn2. The molecule has 0 aromatic carbocycles. The molecule has 0 atom stereocenters. The fourth-order valence-corrected chi connectivity index (χ4v) is 0. The van der Waals surface area contributed by atoms with Crippen molar-refractivity contribution in [2.24, 2.45) is 0 Å². The van der Waals surface area contributed by atoms with Crippen LogP contribution in [0.25, 0.3) is 0 Å². The summed E-state index contributed by atoms with van der Waals surface area (Å²) in [4.78, 5) is 0. The van der Waals surface area contributed by atoms with Crippen LogP contribution in [0, 0.1) is 0 Å². The predicted molar refractivity (Wildman–Crippen MR) is 7.84 cm³/mol. The van der Waals surface area contributed by atoms with Crippen molar-refractivity contribution < 1.29 is 41.8 Å². The first-order chi connectivity index (χ1) is 1.00. The van der Waals surface area contributed by atoms with E-state index in [1.807, 2.05) is 0 Å². The van der Waals surface area contributed by atoms with Crippen molar-refractivity contribution in [3.8, 4) is 0 Å². The van der Waals surface area contributed by atoms with Gasteiger partial charge in [-0.25, -0.2) is 0 Å². The van der Waals surface area contributed by atoms with Crippen molar-refractivity contribution in [2.45, 2.75) is 0 Å². The second kappa shape index (κ2) is 20.5. The zero-order chi connectivity index (χ0) is 2.00. The quantitative estimate of drug-likeness (QED) is 0.524. The molecule has 0 aliphatic carbocycles. The molecule has 0 rings (SSSR count). The van der Waals surface area contributed by atoms with Crippen molar-refractivity contribution in [1.82, 2.24) is 0 Å². The maximum atomic E-state index is 8.42. The molecule has 1 nitrogen and oxygen atoms in total. The molecule has 0 N–H and O–H groups in total. The average molecular weight is 263 g/mol. The number of hydrogen-bond acceptors (Lipinski definition) is 1. The molecule has 0 aliphatic heterocycles. The van der Waals surface area contributed by atoms with E-state index in [0.717, 1.165) is 0 Å². The first-order valence-corrected chi connectivity index (χ1v) is 1.94. The molecule has 0 spiro atoms. The Bertz CT molecular complexity index is 6.00. The van der Waals surface area contributed by atoms with Crippen LogP contribution in [-0.2, 0) is 41.8 Å². The molecule has 4 heavy (non-hydrogen) atoms. The van der Waals surface area contributed by atoms with Crippen molar-refractivity contribution >= 4 is 24.4 Å². The second-order valence-electron chi connectivity index (χ2n) is 0. The molecule has 0 saturated carbocycles. The van der Waals surface area contributed by atoms with Gasteiger partial charge in [-0.3, -0.25) is 0 Å². The van der Waals surface area contributed by atoms with Crippen LogP contribution < -0.4 is 0 Å². The molecule has 0 aromatic rings. The number of hydrogen-bond donors (Lipinski definition) is 0. The summed E-state index contributed by atoms with van der Waals surface area (Å²) in [6, 6.07) is 0. The summed E-state index contributed by atoms with van der Waals surface area (Å²) in [5.74, 6) is 0. The van der Waals surface area contributed by atoms with E-state index in [0.29, 0.717) is 0 Å². The van der Waals surface area contributed by atoms with Gasteiger partial charge in [0.05, 0.1) is 0 Å². The van der Waals surface area contributed by atoms with Crippen molar-refractivity contribution in [3.05, 3.63) is 0 Å².